The van der Waals surface area contributed by atoms with Crippen LogP contribution in [0.5, 0.6) is 0 Å². The van der Waals surface area contributed by atoms with Gasteiger partial charge in [0.1, 0.15) is 5.76 Å². The summed E-state index contributed by atoms with van der Waals surface area (Å²) in [6, 6.07) is 13.5. The number of carbonyl (C=O) groups is 2. The second kappa shape index (κ2) is 14.8. The van der Waals surface area contributed by atoms with E-state index in [0.29, 0.717) is 22.6 Å². The van der Waals surface area contributed by atoms with Gasteiger partial charge in [-0.1, -0.05) is 31.4 Å². The first-order valence-electron chi connectivity index (χ1n) is 14.5. The molecular weight excluding hydrogens is 581 g/mol. The largest absolute Gasteiger partial charge is 0.616 e. The summed E-state index contributed by atoms with van der Waals surface area (Å²) in [7, 11) is 0. The Morgan fingerprint density at radius 3 is 2.35 bits per heavy atom. The van der Waals surface area contributed by atoms with Gasteiger partial charge in [-0.3, -0.25) is 9.59 Å². The predicted molar refractivity (Wildman–Crippen MR) is 160 cm³/mol. The number of benzene rings is 2. The van der Waals surface area contributed by atoms with Crippen molar-refractivity contribution >= 4 is 28.7 Å². The molecule has 4 rings (SSSR count). The first-order chi connectivity index (χ1) is 20.5. The summed E-state index contributed by atoms with van der Waals surface area (Å²) in [6.07, 6.45) is 2.50. The maximum absolute atomic E-state index is 13.1. The lowest BCUT2D eigenvalue weighted by atomic mass is 9.81. The molecule has 232 valence electrons. The Balaban J connectivity index is 1.58. The van der Waals surface area contributed by atoms with E-state index in [2.05, 4.69) is 10.6 Å². The van der Waals surface area contributed by atoms with Crippen LogP contribution in [0.2, 0.25) is 0 Å². The van der Waals surface area contributed by atoms with Crippen molar-refractivity contribution in [1.29, 1.82) is 0 Å². The minimum atomic E-state index is -4.44. The molecule has 2 atom stereocenters. The van der Waals surface area contributed by atoms with Crippen LogP contribution in [0.15, 0.2) is 59.0 Å². The second-order valence-corrected chi connectivity index (χ2v) is 12.1. The van der Waals surface area contributed by atoms with Gasteiger partial charge >= 0.3 is 12.1 Å². The highest BCUT2D eigenvalue weighted by Crippen LogP contribution is 2.41. The Morgan fingerprint density at radius 2 is 1.74 bits per heavy atom. The van der Waals surface area contributed by atoms with Gasteiger partial charge in [-0.15, -0.1) is 0 Å². The Morgan fingerprint density at radius 1 is 1.07 bits per heavy atom. The third-order valence-corrected chi connectivity index (χ3v) is 8.19. The smallest absolute Gasteiger partial charge is 0.416 e. The van der Waals surface area contributed by atoms with Gasteiger partial charge in [0.05, 0.1) is 30.9 Å². The van der Waals surface area contributed by atoms with Gasteiger partial charge in [0.2, 0.25) is 0 Å². The molecule has 1 amide bonds. The van der Waals surface area contributed by atoms with Gasteiger partial charge < -0.3 is 24.3 Å². The minimum absolute atomic E-state index is 0.0896. The molecule has 0 bridgehead atoms. The van der Waals surface area contributed by atoms with Gasteiger partial charge in [-0.2, -0.15) is 13.2 Å². The number of halogens is 3. The molecule has 1 aliphatic rings. The number of rotatable bonds is 12. The maximum Gasteiger partial charge on any atom is 0.416 e. The number of ether oxygens (including phenoxy) is 1. The number of furan rings is 1. The zero-order valence-electron chi connectivity index (χ0n) is 24.3. The molecule has 1 aliphatic carbocycles. The molecule has 1 saturated carbocycles. The highest BCUT2D eigenvalue weighted by atomic mass is 32.2. The molecule has 43 heavy (non-hydrogen) atoms. The monoisotopic (exact) mass is 618 g/mol. The second-order valence-electron chi connectivity index (χ2n) is 10.7. The molecule has 0 saturated heterocycles. The summed E-state index contributed by atoms with van der Waals surface area (Å²) < 4.78 is 62.7. The molecule has 1 aromatic heterocycles. The lowest BCUT2D eigenvalue weighted by Crippen LogP contribution is -2.26. The van der Waals surface area contributed by atoms with Crippen LogP contribution in [-0.2, 0) is 32.6 Å². The molecule has 2 aromatic carbocycles. The van der Waals surface area contributed by atoms with Crippen LogP contribution < -0.4 is 10.6 Å². The fraction of sp³-hybridized carbons (Fsp3) is 0.438. The molecule has 0 radical (unpaired) electrons. The van der Waals surface area contributed by atoms with Crippen LogP contribution in [0.3, 0.4) is 0 Å². The first-order valence-corrected chi connectivity index (χ1v) is 16.2. The molecule has 11 heteroatoms. The molecular formula is C32H37F3N2O5S. The first kappa shape index (κ1) is 32.5. The van der Waals surface area contributed by atoms with Crippen molar-refractivity contribution < 1.29 is 36.5 Å². The van der Waals surface area contributed by atoms with Crippen LogP contribution in [-0.4, -0.2) is 35.8 Å². The van der Waals surface area contributed by atoms with Crippen molar-refractivity contribution in [3.8, 4) is 11.3 Å². The van der Waals surface area contributed by atoms with E-state index in [-0.39, 0.29) is 49.2 Å². The van der Waals surface area contributed by atoms with Gasteiger partial charge in [-0.05, 0) is 79.3 Å². The van der Waals surface area contributed by atoms with Crippen molar-refractivity contribution in [1.82, 2.24) is 5.32 Å². The zero-order valence-corrected chi connectivity index (χ0v) is 25.1. The van der Waals surface area contributed by atoms with Crippen LogP contribution in [0.1, 0.15) is 78.7 Å². The number of nitrogens with one attached hydrogen (secondary N) is 2. The standard InChI is InChI=1S/C32H37F3N2O5S/c1-3-41-29(38)17-18-36-31(39)23-11-15-25(16-12-23)37-30(22-7-5-4-6-8-22)26-19-27(42-28(26)20-43(2)40)21-9-13-24(14-10-21)32(33,34)35/h9-16,19,22,30,37H,3-8,17-18,20H2,1-2H3,(H,36,39). The topological polar surface area (TPSA) is 104 Å². The fourth-order valence-electron chi connectivity index (χ4n) is 5.40. The summed E-state index contributed by atoms with van der Waals surface area (Å²) in [6.45, 7) is 2.18. The summed E-state index contributed by atoms with van der Waals surface area (Å²) in [5.41, 5.74) is 1.81. The minimum Gasteiger partial charge on any atom is -0.616 e. The Bertz CT molecular complexity index is 1350. The van der Waals surface area contributed by atoms with E-state index in [4.69, 9.17) is 9.15 Å². The molecule has 2 N–H and O–H groups in total. The average Bonchev–Trinajstić information content (AvgIpc) is 3.39. The molecule has 7 nitrogen and oxygen atoms in total. The molecule has 3 aromatic rings. The average molecular weight is 619 g/mol. The Hall–Kier alpha value is -3.44. The van der Waals surface area contributed by atoms with E-state index in [1.54, 1.807) is 25.3 Å². The summed E-state index contributed by atoms with van der Waals surface area (Å²) >= 11 is -1.21. The third-order valence-electron chi connectivity index (χ3n) is 7.52. The predicted octanol–water partition coefficient (Wildman–Crippen LogP) is 7.26. The number of alkyl halides is 3. The normalized spacial score (nSPS) is 15.5. The van der Waals surface area contributed by atoms with E-state index in [9.17, 15) is 27.3 Å². The van der Waals surface area contributed by atoms with E-state index in [1.807, 2.05) is 18.2 Å². The van der Waals surface area contributed by atoms with Crippen LogP contribution >= 0.6 is 0 Å². The highest BCUT2D eigenvalue weighted by molar-refractivity contribution is 7.89. The van der Waals surface area contributed by atoms with E-state index < -0.39 is 22.9 Å². The van der Waals surface area contributed by atoms with Crippen LogP contribution in [0.25, 0.3) is 11.3 Å². The summed E-state index contributed by atoms with van der Waals surface area (Å²) in [5, 5.41) is 6.33. The zero-order chi connectivity index (χ0) is 31.0. The lowest BCUT2D eigenvalue weighted by molar-refractivity contribution is -0.143. The van der Waals surface area contributed by atoms with Crippen molar-refractivity contribution in [3.63, 3.8) is 0 Å². The Kier molecular flexibility index (Phi) is 11.2. The summed E-state index contributed by atoms with van der Waals surface area (Å²) in [5.74, 6) is 0.706. The SMILES string of the molecule is CCOC(=O)CCNC(=O)c1ccc(NC(c2cc(-c3ccc(C(F)(F)F)cc3)oc2C[S+](C)[O-])C2CCCCC2)cc1. The van der Waals surface area contributed by atoms with Crippen LogP contribution in [0, 0.1) is 5.92 Å². The third kappa shape index (κ3) is 9.03. The molecule has 1 fully saturated rings. The maximum atomic E-state index is 13.1. The van der Waals surface area contributed by atoms with Crippen molar-refractivity contribution in [3.05, 3.63) is 77.0 Å². The molecule has 0 aliphatic heterocycles. The fourth-order valence-corrected chi connectivity index (χ4v) is 5.99. The molecule has 2 unspecified atom stereocenters. The van der Waals surface area contributed by atoms with E-state index in [0.717, 1.165) is 55.5 Å². The number of carbonyl (C=O) groups excluding carboxylic acids is 2. The van der Waals surface area contributed by atoms with Gasteiger partial charge in [0, 0.05) is 28.9 Å². The quantitative estimate of drug-likeness (QED) is 0.164. The van der Waals surface area contributed by atoms with Crippen molar-refractivity contribution in [2.75, 3.05) is 24.7 Å². The van der Waals surface area contributed by atoms with E-state index in [1.165, 1.54) is 12.1 Å². The van der Waals surface area contributed by atoms with Crippen molar-refractivity contribution in [2.45, 2.75) is 63.4 Å². The van der Waals surface area contributed by atoms with Gasteiger partial charge in [0.25, 0.3) is 5.91 Å². The molecule has 0 spiro atoms. The number of hydrogen-bond donors (Lipinski definition) is 2. The van der Waals surface area contributed by atoms with Gasteiger partial charge in [-0.25, -0.2) is 0 Å². The number of hydrogen-bond acceptors (Lipinski definition) is 6. The van der Waals surface area contributed by atoms with Crippen LogP contribution in [0.4, 0.5) is 18.9 Å². The highest BCUT2D eigenvalue weighted by Gasteiger charge is 2.32. The van der Waals surface area contributed by atoms with Crippen molar-refractivity contribution in [2.24, 2.45) is 5.92 Å². The number of anilines is 1. The van der Waals surface area contributed by atoms with Gasteiger partial charge in [0.15, 0.2) is 11.5 Å². The summed E-state index contributed by atoms with van der Waals surface area (Å²) in [4.78, 5) is 24.1. The Labute approximate surface area is 252 Å². The number of amides is 1. The number of esters is 1. The van der Waals surface area contributed by atoms with E-state index >= 15 is 0 Å². The molecule has 1 heterocycles. The lowest BCUT2D eigenvalue weighted by Gasteiger charge is -2.32.